The molecule has 1 N–H and O–H groups in total. The first-order chi connectivity index (χ1) is 12.0. The van der Waals surface area contributed by atoms with E-state index in [1.807, 2.05) is 12.1 Å². The fraction of sp³-hybridized carbons (Fsp3) is 0.0556. The van der Waals surface area contributed by atoms with Crippen LogP contribution in [0.4, 0.5) is 14.5 Å². The Morgan fingerprint density at radius 1 is 1.16 bits per heavy atom. The van der Waals surface area contributed by atoms with Crippen molar-refractivity contribution in [3.05, 3.63) is 65.2 Å². The van der Waals surface area contributed by atoms with Crippen LogP contribution >= 0.6 is 11.8 Å². The molecular weight excluding hydrogens is 344 g/mol. The second kappa shape index (κ2) is 8.62. The van der Waals surface area contributed by atoms with E-state index in [2.05, 4.69) is 5.32 Å². The van der Waals surface area contributed by atoms with Crippen LogP contribution < -0.4 is 5.32 Å². The van der Waals surface area contributed by atoms with E-state index in [1.165, 1.54) is 30.3 Å². The van der Waals surface area contributed by atoms with E-state index in [4.69, 9.17) is 5.26 Å². The molecule has 0 aliphatic heterocycles. The maximum Gasteiger partial charge on any atom is 0.288 e. The molecular formula is C18H11F2N3OS. The molecule has 0 saturated heterocycles. The van der Waals surface area contributed by atoms with Crippen molar-refractivity contribution in [3.63, 3.8) is 0 Å². The predicted molar refractivity (Wildman–Crippen MR) is 91.7 cm³/mol. The molecule has 0 heterocycles. The Kier molecular flexibility index (Phi) is 6.27. The molecule has 0 aromatic heterocycles. The van der Waals surface area contributed by atoms with Gasteiger partial charge in [-0.25, -0.2) is 0 Å². The van der Waals surface area contributed by atoms with Gasteiger partial charge < -0.3 is 5.32 Å². The summed E-state index contributed by atoms with van der Waals surface area (Å²) in [5.74, 6) is -3.14. The maximum absolute atomic E-state index is 12.3. The van der Waals surface area contributed by atoms with Gasteiger partial charge in [-0.2, -0.15) is 19.3 Å². The van der Waals surface area contributed by atoms with Crippen LogP contribution in [0.2, 0.25) is 0 Å². The van der Waals surface area contributed by atoms with Gasteiger partial charge in [-0.05, 0) is 48.0 Å². The van der Waals surface area contributed by atoms with E-state index in [1.54, 1.807) is 24.3 Å². The molecule has 0 fully saturated rings. The molecule has 25 heavy (non-hydrogen) atoms. The standard InChI is InChI=1S/C18H11F2N3OS/c19-18(20)25-16-6-4-15(5-7-16)23-17(24)14(11-22)9-12-2-1-3-13(8-12)10-21/h1-9,18H,(H,23,24)/b14-9+. The SMILES string of the molecule is N#C/C(=C\c1cccc(C#N)c1)C(=O)Nc1ccc(SC(F)F)cc1. The third-order valence-electron chi connectivity index (χ3n) is 3.03. The molecule has 0 aliphatic carbocycles. The average Bonchev–Trinajstić information content (AvgIpc) is 2.61. The summed E-state index contributed by atoms with van der Waals surface area (Å²) >= 11 is 0.406. The second-order valence-electron chi connectivity index (χ2n) is 4.76. The molecule has 0 bridgehead atoms. The molecule has 0 aliphatic rings. The molecule has 1 amide bonds. The molecule has 7 heteroatoms. The maximum atomic E-state index is 12.3. The van der Waals surface area contributed by atoms with Gasteiger partial charge in [-0.3, -0.25) is 4.79 Å². The molecule has 0 saturated carbocycles. The van der Waals surface area contributed by atoms with Gasteiger partial charge in [0.25, 0.3) is 11.7 Å². The molecule has 0 atom stereocenters. The number of hydrogen-bond acceptors (Lipinski definition) is 4. The lowest BCUT2D eigenvalue weighted by Crippen LogP contribution is -2.13. The first-order valence-electron chi connectivity index (χ1n) is 7.00. The number of hydrogen-bond donors (Lipinski definition) is 1. The normalized spacial score (nSPS) is 10.8. The van der Waals surface area contributed by atoms with Gasteiger partial charge in [0.15, 0.2) is 0 Å². The number of nitriles is 2. The molecule has 2 rings (SSSR count). The number of carbonyl (C=O) groups excluding carboxylic acids is 1. The number of rotatable bonds is 5. The second-order valence-corrected chi connectivity index (χ2v) is 5.83. The molecule has 124 valence electrons. The van der Waals surface area contributed by atoms with Crippen molar-refractivity contribution in [1.29, 1.82) is 10.5 Å². The number of carbonyl (C=O) groups is 1. The first kappa shape index (κ1) is 18.2. The van der Waals surface area contributed by atoms with Crippen LogP contribution in [-0.4, -0.2) is 11.7 Å². The Bertz CT molecular complexity index is 880. The number of halogens is 2. The molecule has 0 radical (unpaired) electrons. The minimum Gasteiger partial charge on any atom is -0.321 e. The number of thioether (sulfide) groups is 1. The van der Waals surface area contributed by atoms with E-state index in [-0.39, 0.29) is 5.57 Å². The van der Waals surface area contributed by atoms with Crippen LogP contribution in [0.5, 0.6) is 0 Å². The number of anilines is 1. The summed E-state index contributed by atoms with van der Waals surface area (Å²) in [5, 5.41) is 20.6. The number of nitrogens with zero attached hydrogens (tertiary/aromatic N) is 2. The summed E-state index contributed by atoms with van der Waals surface area (Å²) < 4.78 is 24.5. The van der Waals surface area contributed by atoms with Gasteiger partial charge in [0.1, 0.15) is 11.6 Å². The zero-order valence-corrected chi connectivity index (χ0v) is 13.6. The van der Waals surface area contributed by atoms with E-state index in [9.17, 15) is 18.8 Å². The van der Waals surface area contributed by atoms with Gasteiger partial charge in [0, 0.05) is 10.6 Å². The Labute approximate surface area is 147 Å². The van der Waals surface area contributed by atoms with Crippen molar-refractivity contribution in [2.24, 2.45) is 0 Å². The number of nitrogens with one attached hydrogen (secondary N) is 1. The fourth-order valence-electron chi connectivity index (χ4n) is 1.93. The zero-order chi connectivity index (χ0) is 18.2. The van der Waals surface area contributed by atoms with Crippen LogP contribution in [0.15, 0.2) is 59.0 Å². The van der Waals surface area contributed by atoms with Crippen molar-refractivity contribution in [2.75, 3.05) is 5.32 Å². The van der Waals surface area contributed by atoms with Crippen LogP contribution in [-0.2, 0) is 4.79 Å². The van der Waals surface area contributed by atoms with Gasteiger partial charge >= 0.3 is 0 Å². The van der Waals surface area contributed by atoms with E-state index in [0.29, 0.717) is 33.5 Å². The van der Waals surface area contributed by atoms with Crippen molar-refractivity contribution in [1.82, 2.24) is 0 Å². The fourth-order valence-corrected chi connectivity index (χ4v) is 2.43. The highest BCUT2D eigenvalue weighted by Crippen LogP contribution is 2.26. The van der Waals surface area contributed by atoms with Gasteiger partial charge in [0.05, 0.1) is 11.6 Å². The quantitative estimate of drug-likeness (QED) is 0.489. The minimum absolute atomic E-state index is 0.138. The van der Waals surface area contributed by atoms with Crippen LogP contribution in [0.1, 0.15) is 11.1 Å². The summed E-state index contributed by atoms with van der Waals surface area (Å²) in [6.07, 6.45) is 1.37. The van der Waals surface area contributed by atoms with Crippen molar-refractivity contribution >= 4 is 29.4 Å². The van der Waals surface area contributed by atoms with Crippen molar-refractivity contribution < 1.29 is 13.6 Å². The smallest absolute Gasteiger partial charge is 0.288 e. The predicted octanol–water partition coefficient (Wildman–Crippen LogP) is 4.42. The molecule has 0 unspecified atom stereocenters. The van der Waals surface area contributed by atoms with Crippen LogP contribution in [0, 0.1) is 22.7 Å². The van der Waals surface area contributed by atoms with E-state index < -0.39 is 11.7 Å². The Balaban J connectivity index is 2.13. The van der Waals surface area contributed by atoms with Crippen LogP contribution in [0.3, 0.4) is 0 Å². The highest BCUT2D eigenvalue weighted by molar-refractivity contribution is 7.99. The molecule has 0 spiro atoms. The monoisotopic (exact) mass is 355 g/mol. The van der Waals surface area contributed by atoms with Crippen LogP contribution in [0.25, 0.3) is 6.08 Å². The van der Waals surface area contributed by atoms with E-state index in [0.717, 1.165) is 0 Å². The lowest BCUT2D eigenvalue weighted by molar-refractivity contribution is -0.112. The van der Waals surface area contributed by atoms with E-state index >= 15 is 0 Å². The summed E-state index contributed by atoms with van der Waals surface area (Å²) in [5.41, 5.74) is 1.21. The summed E-state index contributed by atoms with van der Waals surface area (Å²) in [6, 6.07) is 16.1. The Morgan fingerprint density at radius 2 is 1.88 bits per heavy atom. The summed E-state index contributed by atoms with van der Waals surface area (Å²) in [4.78, 5) is 12.5. The Hall–Kier alpha value is -3.16. The first-order valence-corrected chi connectivity index (χ1v) is 7.88. The minimum atomic E-state index is -2.52. The molecule has 4 nitrogen and oxygen atoms in total. The Morgan fingerprint density at radius 3 is 2.48 bits per heavy atom. The molecule has 2 aromatic carbocycles. The number of alkyl halides is 2. The van der Waals surface area contributed by atoms with Gasteiger partial charge in [-0.15, -0.1) is 0 Å². The molecule has 2 aromatic rings. The highest BCUT2D eigenvalue weighted by Gasteiger charge is 2.10. The summed E-state index contributed by atoms with van der Waals surface area (Å²) in [6.45, 7) is 0. The largest absolute Gasteiger partial charge is 0.321 e. The lowest BCUT2D eigenvalue weighted by Gasteiger charge is -2.06. The number of amides is 1. The number of benzene rings is 2. The van der Waals surface area contributed by atoms with Gasteiger partial charge in [-0.1, -0.05) is 23.9 Å². The lowest BCUT2D eigenvalue weighted by atomic mass is 10.1. The van der Waals surface area contributed by atoms with Gasteiger partial charge in [0.2, 0.25) is 0 Å². The highest BCUT2D eigenvalue weighted by atomic mass is 32.2. The average molecular weight is 355 g/mol. The topological polar surface area (TPSA) is 76.7 Å². The third-order valence-corrected chi connectivity index (χ3v) is 3.75. The summed E-state index contributed by atoms with van der Waals surface area (Å²) in [7, 11) is 0. The van der Waals surface area contributed by atoms with Crippen molar-refractivity contribution in [3.8, 4) is 12.1 Å². The zero-order valence-electron chi connectivity index (χ0n) is 12.7. The van der Waals surface area contributed by atoms with Crippen molar-refractivity contribution in [2.45, 2.75) is 10.7 Å². The third kappa shape index (κ3) is 5.45.